The fourth-order valence-electron chi connectivity index (χ4n) is 1.55. The van der Waals surface area contributed by atoms with Crippen LogP contribution in [0.25, 0.3) is 0 Å². The third-order valence-electron chi connectivity index (χ3n) is 2.82. The quantitative estimate of drug-likeness (QED) is 0.704. The molecule has 0 radical (unpaired) electrons. The number of amides is 1. The number of carbonyl (C=O) groups excluding carboxylic acids is 1. The molecule has 0 aromatic rings. The summed E-state index contributed by atoms with van der Waals surface area (Å²) in [5.41, 5.74) is 0. The van der Waals surface area contributed by atoms with Crippen LogP contribution in [0.2, 0.25) is 0 Å². The zero-order valence-corrected chi connectivity index (χ0v) is 11.5. The van der Waals surface area contributed by atoms with Gasteiger partial charge in [0, 0.05) is 24.2 Å². The van der Waals surface area contributed by atoms with E-state index in [2.05, 4.69) is 15.9 Å². The molecule has 3 atom stereocenters. The number of carbonyl (C=O) groups is 1. The molecule has 0 aromatic heterocycles. The SMILES string of the molecule is CC1CN(C(=O)C(C)S(C)(=O)=O)CC1Br. The molecule has 0 spiro atoms. The van der Waals surface area contributed by atoms with Gasteiger partial charge in [0.2, 0.25) is 5.91 Å². The van der Waals surface area contributed by atoms with E-state index in [0.29, 0.717) is 19.0 Å². The smallest absolute Gasteiger partial charge is 0.240 e. The summed E-state index contributed by atoms with van der Waals surface area (Å²) in [6.07, 6.45) is 1.10. The van der Waals surface area contributed by atoms with Gasteiger partial charge in [-0.25, -0.2) is 8.42 Å². The molecule has 0 N–H and O–H groups in total. The number of hydrogen-bond donors (Lipinski definition) is 0. The summed E-state index contributed by atoms with van der Waals surface area (Å²) in [4.78, 5) is 13.7. The van der Waals surface area contributed by atoms with Gasteiger partial charge < -0.3 is 4.90 Å². The van der Waals surface area contributed by atoms with E-state index in [1.165, 1.54) is 6.92 Å². The number of hydrogen-bond acceptors (Lipinski definition) is 3. The second-order valence-electron chi connectivity index (χ2n) is 4.21. The van der Waals surface area contributed by atoms with Crippen LogP contribution < -0.4 is 0 Å². The number of sulfone groups is 1. The maximum atomic E-state index is 11.8. The maximum absolute atomic E-state index is 11.8. The van der Waals surface area contributed by atoms with E-state index in [4.69, 9.17) is 0 Å². The number of halogens is 1. The fourth-order valence-corrected chi connectivity index (χ4v) is 2.58. The molecule has 0 aliphatic carbocycles. The monoisotopic (exact) mass is 297 g/mol. The van der Waals surface area contributed by atoms with Gasteiger partial charge in [-0.05, 0) is 12.8 Å². The molecule has 0 saturated carbocycles. The molecular weight excluding hydrogens is 282 g/mol. The molecular formula is C9H16BrNO3S. The van der Waals surface area contributed by atoms with E-state index in [0.717, 1.165) is 6.26 Å². The molecule has 1 heterocycles. The van der Waals surface area contributed by atoms with Crippen molar-refractivity contribution in [2.75, 3.05) is 19.3 Å². The molecule has 1 fully saturated rings. The van der Waals surface area contributed by atoms with Crippen molar-refractivity contribution < 1.29 is 13.2 Å². The zero-order chi connectivity index (χ0) is 11.8. The Morgan fingerprint density at radius 1 is 1.47 bits per heavy atom. The van der Waals surface area contributed by atoms with Gasteiger partial charge in [0.05, 0.1) is 0 Å². The predicted octanol–water partition coefficient (Wildman–Crippen LogP) is 0.661. The van der Waals surface area contributed by atoms with Crippen molar-refractivity contribution in [3.8, 4) is 0 Å². The highest BCUT2D eigenvalue weighted by molar-refractivity contribution is 9.09. The van der Waals surface area contributed by atoms with Gasteiger partial charge >= 0.3 is 0 Å². The van der Waals surface area contributed by atoms with Gasteiger partial charge in [-0.1, -0.05) is 22.9 Å². The van der Waals surface area contributed by atoms with Crippen molar-refractivity contribution >= 4 is 31.7 Å². The third kappa shape index (κ3) is 2.93. The van der Waals surface area contributed by atoms with Crippen molar-refractivity contribution in [3.63, 3.8) is 0 Å². The third-order valence-corrected chi connectivity index (χ3v) is 5.50. The van der Waals surface area contributed by atoms with E-state index >= 15 is 0 Å². The van der Waals surface area contributed by atoms with Crippen molar-refractivity contribution in [2.24, 2.45) is 5.92 Å². The molecule has 15 heavy (non-hydrogen) atoms. The number of nitrogens with zero attached hydrogens (tertiary/aromatic N) is 1. The molecule has 1 rings (SSSR count). The summed E-state index contributed by atoms with van der Waals surface area (Å²) in [5.74, 6) is 0.0898. The van der Waals surface area contributed by atoms with E-state index in [1.54, 1.807) is 4.90 Å². The van der Waals surface area contributed by atoms with Crippen LogP contribution in [0.5, 0.6) is 0 Å². The van der Waals surface area contributed by atoms with E-state index in [-0.39, 0.29) is 10.7 Å². The van der Waals surface area contributed by atoms with Gasteiger partial charge in [-0.15, -0.1) is 0 Å². The lowest BCUT2D eigenvalue weighted by Gasteiger charge is -2.19. The minimum Gasteiger partial charge on any atom is -0.340 e. The molecule has 1 amide bonds. The van der Waals surface area contributed by atoms with Gasteiger partial charge in [0.1, 0.15) is 5.25 Å². The maximum Gasteiger partial charge on any atom is 0.240 e. The second-order valence-corrected chi connectivity index (χ2v) is 7.75. The van der Waals surface area contributed by atoms with Crippen LogP contribution in [0.15, 0.2) is 0 Å². The summed E-state index contributed by atoms with van der Waals surface area (Å²) in [6.45, 7) is 4.72. The minimum absolute atomic E-state index is 0.271. The van der Waals surface area contributed by atoms with Crippen molar-refractivity contribution in [1.82, 2.24) is 4.90 Å². The molecule has 1 saturated heterocycles. The predicted molar refractivity (Wildman–Crippen MR) is 62.8 cm³/mol. The molecule has 88 valence electrons. The Hall–Kier alpha value is -0.100. The normalized spacial score (nSPS) is 29.2. The largest absolute Gasteiger partial charge is 0.340 e. The Labute approximate surface area is 99.1 Å². The molecule has 0 aromatic carbocycles. The van der Waals surface area contributed by atoms with Crippen LogP contribution in [-0.2, 0) is 14.6 Å². The first-order valence-corrected chi connectivity index (χ1v) is 7.72. The standard InChI is InChI=1S/C9H16BrNO3S/c1-6-4-11(5-8(6)10)9(12)7(2)15(3,13)14/h6-8H,4-5H2,1-3H3. The summed E-state index contributed by atoms with van der Waals surface area (Å²) < 4.78 is 22.5. The first-order valence-electron chi connectivity index (χ1n) is 4.85. The Kier molecular flexibility index (Phi) is 3.81. The Morgan fingerprint density at radius 2 is 2.00 bits per heavy atom. The van der Waals surface area contributed by atoms with Crippen LogP contribution in [-0.4, -0.2) is 48.6 Å². The average molecular weight is 298 g/mol. The number of likely N-dealkylation sites (tertiary alicyclic amines) is 1. The second kappa shape index (κ2) is 4.41. The average Bonchev–Trinajstić information content (AvgIpc) is 2.43. The van der Waals surface area contributed by atoms with Gasteiger partial charge in [-0.2, -0.15) is 0 Å². The fraction of sp³-hybridized carbons (Fsp3) is 0.889. The summed E-state index contributed by atoms with van der Waals surface area (Å²) >= 11 is 3.47. The van der Waals surface area contributed by atoms with E-state index in [1.807, 2.05) is 6.92 Å². The summed E-state index contributed by atoms with van der Waals surface area (Å²) in [7, 11) is -3.28. The Bertz CT molecular complexity index is 344. The van der Waals surface area contributed by atoms with Crippen molar-refractivity contribution in [2.45, 2.75) is 23.9 Å². The van der Waals surface area contributed by atoms with Gasteiger partial charge in [0.25, 0.3) is 0 Å². The lowest BCUT2D eigenvalue weighted by molar-refractivity contribution is -0.129. The van der Waals surface area contributed by atoms with Crippen LogP contribution in [0.4, 0.5) is 0 Å². The van der Waals surface area contributed by atoms with Crippen LogP contribution in [0.3, 0.4) is 0 Å². The molecule has 1 aliphatic rings. The minimum atomic E-state index is -3.28. The van der Waals surface area contributed by atoms with E-state index < -0.39 is 15.1 Å². The number of alkyl halides is 1. The zero-order valence-electron chi connectivity index (χ0n) is 9.10. The molecule has 0 bridgehead atoms. The summed E-state index contributed by atoms with van der Waals surface area (Å²) in [5, 5.41) is -0.928. The Balaban J connectivity index is 2.72. The van der Waals surface area contributed by atoms with Crippen molar-refractivity contribution in [1.29, 1.82) is 0 Å². The highest BCUT2D eigenvalue weighted by atomic mass is 79.9. The molecule has 4 nitrogen and oxygen atoms in total. The topological polar surface area (TPSA) is 54.5 Å². The van der Waals surface area contributed by atoms with Crippen molar-refractivity contribution in [3.05, 3.63) is 0 Å². The highest BCUT2D eigenvalue weighted by Crippen LogP contribution is 2.24. The van der Waals surface area contributed by atoms with Crippen LogP contribution >= 0.6 is 15.9 Å². The molecule has 1 aliphatic heterocycles. The van der Waals surface area contributed by atoms with Crippen LogP contribution in [0.1, 0.15) is 13.8 Å². The van der Waals surface area contributed by atoms with Crippen LogP contribution in [0, 0.1) is 5.92 Å². The summed E-state index contributed by atoms with van der Waals surface area (Å²) in [6, 6.07) is 0. The van der Waals surface area contributed by atoms with E-state index in [9.17, 15) is 13.2 Å². The molecule has 3 unspecified atom stereocenters. The highest BCUT2D eigenvalue weighted by Gasteiger charge is 2.35. The van der Waals surface area contributed by atoms with Gasteiger partial charge in [0.15, 0.2) is 9.84 Å². The first kappa shape index (κ1) is 13.0. The van der Waals surface area contributed by atoms with Gasteiger partial charge in [-0.3, -0.25) is 4.79 Å². The lowest BCUT2D eigenvalue weighted by atomic mass is 10.2. The Morgan fingerprint density at radius 3 is 2.33 bits per heavy atom. The molecule has 6 heteroatoms. The lowest BCUT2D eigenvalue weighted by Crippen LogP contribution is -2.40. The number of rotatable bonds is 2. The first-order chi connectivity index (χ1) is 6.73.